The van der Waals surface area contributed by atoms with E-state index >= 15 is 0 Å². The highest BCUT2D eigenvalue weighted by molar-refractivity contribution is 6.32. The van der Waals surface area contributed by atoms with Crippen LogP contribution < -0.4 is 10.1 Å². The summed E-state index contributed by atoms with van der Waals surface area (Å²) < 4.78 is 7.42. The number of aryl methyl sites for hydroxylation is 1. The number of carbonyl (C=O) groups is 1. The fourth-order valence-electron chi connectivity index (χ4n) is 2.37. The van der Waals surface area contributed by atoms with Crippen molar-refractivity contribution in [2.75, 3.05) is 0 Å². The number of hydrogen-bond acceptors (Lipinski definition) is 3. The SMILES string of the molecule is Cn1cc(CNC(=O)c2cccc(COc3ccccc3Cl)c2)cn1. The first-order valence-electron chi connectivity index (χ1n) is 7.84. The maximum atomic E-state index is 12.3. The van der Waals surface area contributed by atoms with Crippen molar-refractivity contribution >= 4 is 17.5 Å². The van der Waals surface area contributed by atoms with Crippen LogP contribution in [-0.2, 0) is 20.2 Å². The summed E-state index contributed by atoms with van der Waals surface area (Å²) in [5.74, 6) is 0.485. The third-order valence-corrected chi connectivity index (χ3v) is 3.94. The molecule has 0 spiro atoms. The average molecular weight is 356 g/mol. The van der Waals surface area contributed by atoms with E-state index < -0.39 is 0 Å². The van der Waals surface area contributed by atoms with E-state index in [9.17, 15) is 4.79 Å². The fourth-order valence-corrected chi connectivity index (χ4v) is 2.56. The van der Waals surface area contributed by atoms with E-state index in [0.29, 0.717) is 29.5 Å². The minimum Gasteiger partial charge on any atom is -0.487 e. The molecule has 0 unspecified atom stereocenters. The Bertz CT molecular complexity index is 876. The lowest BCUT2D eigenvalue weighted by atomic mass is 10.1. The molecule has 0 bridgehead atoms. The largest absolute Gasteiger partial charge is 0.487 e. The summed E-state index contributed by atoms with van der Waals surface area (Å²) in [5, 5.41) is 7.53. The van der Waals surface area contributed by atoms with E-state index in [0.717, 1.165) is 11.1 Å². The molecular weight excluding hydrogens is 338 g/mol. The second kappa shape index (κ2) is 7.85. The molecule has 1 heterocycles. The van der Waals surface area contributed by atoms with Gasteiger partial charge in [-0.2, -0.15) is 5.10 Å². The Morgan fingerprint density at radius 2 is 2.04 bits per heavy atom. The topological polar surface area (TPSA) is 56.2 Å². The number of halogens is 1. The maximum absolute atomic E-state index is 12.3. The summed E-state index contributed by atoms with van der Waals surface area (Å²) in [6, 6.07) is 14.6. The highest BCUT2D eigenvalue weighted by Gasteiger charge is 2.08. The van der Waals surface area contributed by atoms with Gasteiger partial charge in [0, 0.05) is 30.9 Å². The molecule has 0 aliphatic carbocycles. The number of para-hydroxylation sites is 1. The zero-order chi connectivity index (χ0) is 17.6. The lowest BCUT2D eigenvalue weighted by Gasteiger charge is -2.09. The molecule has 2 aromatic carbocycles. The number of rotatable bonds is 6. The summed E-state index contributed by atoms with van der Waals surface area (Å²) in [6.07, 6.45) is 3.60. The van der Waals surface area contributed by atoms with Crippen molar-refractivity contribution in [3.63, 3.8) is 0 Å². The van der Waals surface area contributed by atoms with Crippen LogP contribution in [0.1, 0.15) is 21.5 Å². The van der Waals surface area contributed by atoms with Gasteiger partial charge in [0.1, 0.15) is 12.4 Å². The Labute approximate surface area is 151 Å². The second-order valence-electron chi connectivity index (χ2n) is 5.62. The third kappa shape index (κ3) is 4.61. The molecule has 0 atom stereocenters. The van der Waals surface area contributed by atoms with Gasteiger partial charge in [-0.25, -0.2) is 0 Å². The summed E-state index contributed by atoms with van der Waals surface area (Å²) in [6.45, 7) is 0.778. The lowest BCUT2D eigenvalue weighted by molar-refractivity contribution is 0.0950. The van der Waals surface area contributed by atoms with Crippen molar-refractivity contribution in [2.24, 2.45) is 7.05 Å². The molecule has 0 aliphatic heterocycles. The monoisotopic (exact) mass is 355 g/mol. The van der Waals surface area contributed by atoms with Crippen molar-refractivity contribution in [3.05, 3.63) is 82.6 Å². The van der Waals surface area contributed by atoms with Gasteiger partial charge in [0.2, 0.25) is 0 Å². The van der Waals surface area contributed by atoms with Gasteiger partial charge < -0.3 is 10.1 Å². The molecule has 0 radical (unpaired) electrons. The summed E-state index contributed by atoms with van der Waals surface area (Å²) in [7, 11) is 1.84. The molecule has 0 fully saturated rings. The second-order valence-corrected chi connectivity index (χ2v) is 6.03. The molecule has 3 aromatic rings. The zero-order valence-corrected chi connectivity index (χ0v) is 14.5. The Hall–Kier alpha value is -2.79. The predicted octanol–water partition coefficient (Wildman–Crippen LogP) is 3.58. The van der Waals surface area contributed by atoms with Crippen LogP contribution >= 0.6 is 11.6 Å². The van der Waals surface area contributed by atoms with E-state index in [1.807, 2.05) is 49.6 Å². The number of benzene rings is 2. The van der Waals surface area contributed by atoms with Gasteiger partial charge in [0.15, 0.2) is 0 Å². The quantitative estimate of drug-likeness (QED) is 0.735. The van der Waals surface area contributed by atoms with Crippen LogP contribution in [0.15, 0.2) is 60.9 Å². The third-order valence-electron chi connectivity index (χ3n) is 3.63. The zero-order valence-electron chi connectivity index (χ0n) is 13.8. The van der Waals surface area contributed by atoms with Gasteiger partial charge in [0.25, 0.3) is 5.91 Å². The predicted molar refractivity (Wildman–Crippen MR) is 96.6 cm³/mol. The number of ether oxygens (including phenoxy) is 1. The van der Waals surface area contributed by atoms with E-state index in [2.05, 4.69) is 10.4 Å². The van der Waals surface area contributed by atoms with Crippen LogP contribution in [0.3, 0.4) is 0 Å². The van der Waals surface area contributed by atoms with Crippen LogP contribution in [0.2, 0.25) is 5.02 Å². The average Bonchev–Trinajstić information content (AvgIpc) is 3.04. The number of hydrogen-bond donors (Lipinski definition) is 1. The highest BCUT2D eigenvalue weighted by atomic mass is 35.5. The Kier molecular flexibility index (Phi) is 5.36. The number of amides is 1. The van der Waals surface area contributed by atoms with Gasteiger partial charge in [0.05, 0.1) is 11.2 Å². The van der Waals surface area contributed by atoms with Crippen molar-refractivity contribution in [1.82, 2.24) is 15.1 Å². The van der Waals surface area contributed by atoms with Crippen LogP contribution in [0.4, 0.5) is 0 Å². The van der Waals surface area contributed by atoms with Gasteiger partial charge in [-0.1, -0.05) is 35.9 Å². The molecule has 3 rings (SSSR count). The summed E-state index contributed by atoms with van der Waals surface area (Å²) >= 11 is 6.08. The smallest absolute Gasteiger partial charge is 0.251 e. The van der Waals surface area contributed by atoms with Crippen molar-refractivity contribution < 1.29 is 9.53 Å². The van der Waals surface area contributed by atoms with E-state index in [-0.39, 0.29) is 5.91 Å². The standard InChI is InChI=1S/C19H18ClN3O2/c1-23-12-15(11-22-23)10-21-19(24)16-6-4-5-14(9-16)13-25-18-8-3-2-7-17(18)20/h2-9,11-12H,10,13H2,1H3,(H,21,24). The normalized spacial score (nSPS) is 10.5. The number of carbonyl (C=O) groups excluding carboxylic acids is 1. The molecule has 128 valence electrons. The van der Waals surface area contributed by atoms with E-state index in [1.165, 1.54) is 0 Å². The maximum Gasteiger partial charge on any atom is 0.251 e. The summed E-state index contributed by atoms with van der Waals surface area (Å²) in [4.78, 5) is 12.3. The number of aromatic nitrogens is 2. The van der Waals surface area contributed by atoms with Crippen LogP contribution in [0, 0.1) is 0 Å². The first-order valence-corrected chi connectivity index (χ1v) is 8.21. The Balaban J connectivity index is 1.60. The first kappa shape index (κ1) is 17.0. The van der Waals surface area contributed by atoms with Crippen molar-refractivity contribution in [1.29, 1.82) is 0 Å². The molecule has 1 aromatic heterocycles. The molecular formula is C19H18ClN3O2. The minimum absolute atomic E-state index is 0.136. The van der Waals surface area contributed by atoms with Crippen LogP contribution in [0.25, 0.3) is 0 Å². The van der Waals surface area contributed by atoms with Crippen molar-refractivity contribution in [2.45, 2.75) is 13.2 Å². The molecule has 5 nitrogen and oxygen atoms in total. The molecule has 0 saturated carbocycles. The van der Waals surface area contributed by atoms with Crippen molar-refractivity contribution in [3.8, 4) is 5.75 Å². The molecule has 0 saturated heterocycles. The molecule has 25 heavy (non-hydrogen) atoms. The number of nitrogens with one attached hydrogen (secondary N) is 1. The minimum atomic E-state index is -0.136. The van der Waals surface area contributed by atoms with Gasteiger partial charge in [-0.15, -0.1) is 0 Å². The Morgan fingerprint density at radius 1 is 1.20 bits per heavy atom. The Morgan fingerprint density at radius 3 is 2.80 bits per heavy atom. The molecule has 1 N–H and O–H groups in total. The number of nitrogens with zero attached hydrogens (tertiary/aromatic N) is 2. The van der Waals surface area contributed by atoms with Gasteiger partial charge >= 0.3 is 0 Å². The molecule has 6 heteroatoms. The van der Waals surface area contributed by atoms with Crippen LogP contribution in [0.5, 0.6) is 5.75 Å². The van der Waals surface area contributed by atoms with E-state index in [4.69, 9.17) is 16.3 Å². The van der Waals surface area contributed by atoms with Gasteiger partial charge in [-0.05, 0) is 29.8 Å². The lowest BCUT2D eigenvalue weighted by Crippen LogP contribution is -2.22. The molecule has 0 aliphatic rings. The fraction of sp³-hybridized carbons (Fsp3) is 0.158. The van der Waals surface area contributed by atoms with Gasteiger partial charge in [-0.3, -0.25) is 9.48 Å². The summed E-state index contributed by atoms with van der Waals surface area (Å²) in [5.41, 5.74) is 2.44. The van der Waals surface area contributed by atoms with Crippen LogP contribution in [-0.4, -0.2) is 15.7 Å². The first-order chi connectivity index (χ1) is 12.1. The molecule has 1 amide bonds. The highest BCUT2D eigenvalue weighted by Crippen LogP contribution is 2.24. The van der Waals surface area contributed by atoms with E-state index in [1.54, 1.807) is 23.0 Å².